The Bertz CT molecular complexity index is 553. The molecule has 0 bridgehead atoms. The molecule has 0 aliphatic carbocycles. The minimum Gasteiger partial charge on any atom is -0.294 e. The number of ketones is 1. The van der Waals surface area contributed by atoms with Crippen LogP contribution in [0.1, 0.15) is 37.5 Å². The second kappa shape index (κ2) is 5.07. The normalized spacial score (nSPS) is 10.7. The highest BCUT2D eigenvalue weighted by Gasteiger charge is 2.16. The van der Waals surface area contributed by atoms with Gasteiger partial charge in [0.2, 0.25) is 0 Å². The Morgan fingerprint density at radius 2 is 1.72 bits per heavy atom. The molecule has 1 aromatic carbocycles. The molecule has 18 heavy (non-hydrogen) atoms. The van der Waals surface area contributed by atoms with Gasteiger partial charge >= 0.3 is 0 Å². The quantitative estimate of drug-likeness (QED) is 0.745. The zero-order valence-electron chi connectivity index (χ0n) is 11.3. The summed E-state index contributed by atoms with van der Waals surface area (Å²) in [6.45, 7) is 8.24. The van der Waals surface area contributed by atoms with Gasteiger partial charge in [-0.15, -0.1) is 11.3 Å². The summed E-state index contributed by atoms with van der Waals surface area (Å²) in [5.41, 5.74) is 5.57. The van der Waals surface area contributed by atoms with Crippen LogP contribution in [0.5, 0.6) is 0 Å². The number of thiophene rings is 1. The lowest BCUT2D eigenvalue weighted by molar-refractivity contribution is 0.0992. The van der Waals surface area contributed by atoms with E-state index in [0.29, 0.717) is 6.42 Å². The number of hydrogen-bond acceptors (Lipinski definition) is 2. The van der Waals surface area contributed by atoms with E-state index in [1.54, 1.807) is 11.3 Å². The van der Waals surface area contributed by atoms with Gasteiger partial charge in [-0.2, -0.15) is 0 Å². The van der Waals surface area contributed by atoms with Crippen LogP contribution in [0.3, 0.4) is 0 Å². The van der Waals surface area contributed by atoms with E-state index in [9.17, 15) is 4.79 Å². The van der Waals surface area contributed by atoms with Crippen molar-refractivity contribution < 1.29 is 4.79 Å². The molecule has 1 nitrogen and oxygen atoms in total. The van der Waals surface area contributed by atoms with E-state index in [4.69, 9.17) is 0 Å². The van der Waals surface area contributed by atoms with E-state index in [0.717, 1.165) is 21.6 Å². The molecule has 0 atom stereocenters. The lowest BCUT2D eigenvalue weighted by Crippen LogP contribution is -2.09. The average Bonchev–Trinajstić information content (AvgIpc) is 2.79. The third kappa shape index (κ3) is 2.39. The van der Waals surface area contributed by atoms with Crippen LogP contribution in [-0.4, -0.2) is 5.78 Å². The van der Waals surface area contributed by atoms with Gasteiger partial charge in [-0.1, -0.05) is 12.1 Å². The molecule has 0 amide bonds. The van der Waals surface area contributed by atoms with Crippen molar-refractivity contribution in [3.63, 3.8) is 0 Å². The van der Waals surface area contributed by atoms with Crippen molar-refractivity contribution in [3.8, 4) is 0 Å². The zero-order valence-corrected chi connectivity index (χ0v) is 12.1. The summed E-state index contributed by atoms with van der Waals surface area (Å²) in [4.78, 5) is 13.6. The SMILES string of the molecule is Cc1cc(C)c(C)c(C(=O)Cc2cccs2)c1C. The highest BCUT2D eigenvalue weighted by Crippen LogP contribution is 2.24. The van der Waals surface area contributed by atoms with Gasteiger partial charge in [0, 0.05) is 16.9 Å². The molecule has 2 aromatic rings. The Hall–Kier alpha value is -1.41. The Morgan fingerprint density at radius 3 is 2.22 bits per heavy atom. The molecule has 1 heterocycles. The maximum Gasteiger partial charge on any atom is 0.168 e. The van der Waals surface area contributed by atoms with Gasteiger partial charge in [0.25, 0.3) is 0 Å². The summed E-state index contributed by atoms with van der Waals surface area (Å²) in [6.07, 6.45) is 0.516. The molecule has 1 aromatic heterocycles. The molecule has 94 valence electrons. The van der Waals surface area contributed by atoms with Crippen LogP contribution < -0.4 is 0 Å². The highest BCUT2D eigenvalue weighted by molar-refractivity contribution is 7.10. The second-order valence-corrected chi connectivity index (χ2v) is 5.85. The van der Waals surface area contributed by atoms with Crippen molar-refractivity contribution >= 4 is 17.1 Å². The van der Waals surface area contributed by atoms with Crippen LogP contribution in [0.4, 0.5) is 0 Å². The first-order chi connectivity index (χ1) is 8.50. The third-order valence-corrected chi connectivity index (χ3v) is 4.44. The Morgan fingerprint density at radius 1 is 1.11 bits per heavy atom. The van der Waals surface area contributed by atoms with E-state index in [-0.39, 0.29) is 5.78 Å². The molecular weight excluding hydrogens is 240 g/mol. The summed E-state index contributed by atoms with van der Waals surface area (Å²) in [6, 6.07) is 6.18. The molecular formula is C16H18OS. The minimum absolute atomic E-state index is 0.235. The number of aryl methyl sites for hydroxylation is 2. The monoisotopic (exact) mass is 258 g/mol. The lowest BCUT2D eigenvalue weighted by Gasteiger charge is -2.14. The summed E-state index contributed by atoms with van der Waals surface area (Å²) in [7, 11) is 0. The van der Waals surface area contributed by atoms with E-state index in [1.165, 1.54) is 11.1 Å². The molecule has 0 unspecified atom stereocenters. The Labute approximate surface area is 112 Å². The largest absolute Gasteiger partial charge is 0.294 e. The Kier molecular flexibility index (Phi) is 3.67. The Balaban J connectivity index is 2.41. The van der Waals surface area contributed by atoms with Gasteiger partial charge in [0.05, 0.1) is 0 Å². The highest BCUT2D eigenvalue weighted by atomic mass is 32.1. The molecule has 0 N–H and O–H groups in total. The van der Waals surface area contributed by atoms with Crippen molar-refractivity contribution in [1.82, 2.24) is 0 Å². The van der Waals surface area contributed by atoms with E-state index >= 15 is 0 Å². The lowest BCUT2D eigenvalue weighted by atomic mass is 9.90. The van der Waals surface area contributed by atoms with Gasteiger partial charge in [-0.3, -0.25) is 4.79 Å². The molecule has 0 aliphatic rings. The summed E-state index contributed by atoms with van der Waals surface area (Å²) < 4.78 is 0. The molecule has 2 rings (SSSR count). The standard InChI is InChI=1S/C16H18OS/c1-10-8-11(2)13(4)16(12(10)3)15(17)9-14-6-5-7-18-14/h5-8H,9H2,1-4H3. The minimum atomic E-state index is 0.235. The van der Waals surface area contributed by atoms with Gasteiger partial charge in [-0.05, 0) is 61.4 Å². The third-order valence-electron chi connectivity index (χ3n) is 3.56. The van der Waals surface area contributed by atoms with Crippen molar-refractivity contribution in [2.24, 2.45) is 0 Å². The molecule has 0 spiro atoms. The van der Waals surface area contributed by atoms with E-state index in [1.807, 2.05) is 31.4 Å². The van der Waals surface area contributed by atoms with E-state index in [2.05, 4.69) is 19.9 Å². The maximum absolute atomic E-state index is 12.5. The van der Waals surface area contributed by atoms with Crippen molar-refractivity contribution in [3.05, 3.63) is 56.3 Å². The number of hydrogen-bond donors (Lipinski definition) is 0. The summed E-state index contributed by atoms with van der Waals surface area (Å²) >= 11 is 1.65. The summed E-state index contributed by atoms with van der Waals surface area (Å²) in [5, 5.41) is 2.02. The van der Waals surface area contributed by atoms with Crippen molar-refractivity contribution in [2.45, 2.75) is 34.1 Å². The fourth-order valence-corrected chi connectivity index (χ4v) is 3.00. The van der Waals surface area contributed by atoms with Crippen LogP contribution >= 0.6 is 11.3 Å². The van der Waals surface area contributed by atoms with Crippen LogP contribution in [0, 0.1) is 27.7 Å². The smallest absolute Gasteiger partial charge is 0.168 e. The van der Waals surface area contributed by atoms with Crippen LogP contribution in [0.2, 0.25) is 0 Å². The van der Waals surface area contributed by atoms with Crippen molar-refractivity contribution in [2.75, 3.05) is 0 Å². The number of benzene rings is 1. The van der Waals surface area contributed by atoms with Gasteiger partial charge < -0.3 is 0 Å². The first-order valence-corrected chi connectivity index (χ1v) is 7.01. The second-order valence-electron chi connectivity index (χ2n) is 4.81. The maximum atomic E-state index is 12.5. The first kappa shape index (κ1) is 13.0. The van der Waals surface area contributed by atoms with Crippen molar-refractivity contribution in [1.29, 1.82) is 0 Å². The number of carbonyl (C=O) groups is 1. The molecule has 2 heteroatoms. The first-order valence-electron chi connectivity index (χ1n) is 6.13. The average molecular weight is 258 g/mol. The molecule has 0 saturated carbocycles. The number of Topliss-reactive ketones (excluding diaryl/α,β-unsaturated/α-hetero) is 1. The molecule has 0 fully saturated rings. The number of carbonyl (C=O) groups excluding carboxylic acids is 1. The van der Waals surface area contributed by atoms with Crippen LogP contribution in [0.15, 0.2) is 23.6 Å². The molecule has 0 aliphatic heterocycles. The van der Waals surface area contributed by atoms with Gasteiger partial charge in [0.1, 0.15) is 0 Å². The van der Waals surface area contributed by atoms with Gasteiger partial charge in [0.15, 0.2) is 5.78 Å². The zero-order chi connectivity index (χ0) is 13.3. The van der Waals surface area contributed by atoms with Gasteiger partial charge in [-0.25, -0.2) is 0 Å². The predicted molar refractivity (Wildman–Crippen MR) is 77.7 cm³/mol. The molecule has 0 saturated heterocycles. The van der Waals surface area contributed by atoms with E-state index < -0.39 is 0 Å². The molecule has 0 radical (unpaired) electrons. The predicted octanol–water partition coefficient (Wildman–Crippen LogP) is 4.41. The summed E-state index contributed by atoms with van der Waals surface area (Å²) in [5.74, 6) is 0.235. The van der Waals surface area contributed by atoms with Crippen LogP contribution in [-0.2, 0) is 6.42 Å². The fourth-order valence-electron chi connectivity index (χ4n) is 2.29. The fraction of sp³-hybridized carbons (Fsp3) is 0.312. The topological polar surface area (TPSA) is 17.1 Å². The number of rotatable bonds is 3. The van der Waals surface area contributed by atoms with Crippen LogP contribution in [0.25, 0.3) is 0 Å².